The number of hydrogen-bond acceptors (Lipinski definition) is 0. The van der Waals surface area contributed by atoms with Crippen LogP contribution in [0.3, 0.4) is 0 Å². The van der Waals surface area contributed by atoms with Crippen LogP contribution in [-0.4, -0.2) is 0 Å². The van der Waals surface area contributed by atoms with Gasteiger partial charge in [-0.15, -0.1) is 0 Å². The molecule has 0 aliphatic carbocycles. The molecule has 0 bridgehead atoms. The summed E-state index contributed by atoms with van der Waals surface area (Å²) in [5, 5.41) is 0. The van der Waals surface area contributed by atoms with Crippen molar-refractivity contribution < 1.29 is 0 Å². The van der Waals surface area contributed by atoms with Crippen LogP contribution >= 0.6 is 0 Å². The molecule has 0 atom stereocenters. The Morgan fingerprint density at radius 2 is 0.944 bits per heavy atom. The third kappa shape index (κ3) is 4.15. The quantitative estimate of drug-likeness (QED) is 0.670. The van der Waals surface area contributed by atoms with E-state index in [0.717, 1.165) is 0 Å². The minimum absolute atomic E-state index is 1.17. The topological polar surface area (TPSA) is 0 Å². The van der Waals surface area contributed by atoms with Crippen molar-refractivity contribution in [3.63, 3.8) is 0 Å². The molecule has 0 aromatic heterocycles. The highest BCUT2D eigenvalue weighted by Crippen LogP contribution is 2.01. The summed E-state index contributed by atoms with van der Waals surface area (Å²) < 4.78 is 0. The lowest BCUT2D eigenvalue weighted by Crippen LogP contribution is -1.67. The van der Waals surface area contributed by atoms with Crippen LogP contribution in [0, 0.1) is 11.8 Å². The van der Waals surface area contributed by atoms with E-state index in [2.05, 4.69) is 36.1 Å². The van der Waals surface area contributed by atoms with Crippen LogP contribution in [0.1, 0.15) is 11.1 Å². The average molecular weight is 230 g/mol. The third-order valence-electron chi connectivity index (χ3n) is 2.40. The maximum Gasteiger partial charge on any atom is -0.0109 e. The van der Waals surface area contributed by atoms with Gasteiger partial charge in [0.2, 0.25) is 0 Å². The molecule has 2 aromatic carbocycles. The van der Waals surface area contributed by atoms with Crippen molar-refractivity contribution >= 4 is 12.2 Å². The van der Waals surface area contributed by atoms with Crippen molar-refractivity contribution in [2.75, 3.05) is 0 Å². The molecule has 18 heavy (non-hydrogen) atoms. The second-order valence-electron chi connectivity index (χ2n) is 3.78. The summed E-state index contributed by atoms with van der Waals surface area (Å²) in [7, 11) is 0. The van der Waals surface area contributed by atoms with E-state index in [-0.39, 0.29) is 0 Å². The van der Waals surface area contributed by atoms with Crippen LogP contribution in [0.5, 0.6) is 0 Å². The largest absolute Gasteiger partial charge is 0.0702 e. The van der Waals surface area contributed by atoms with Gasteiger partial charge in [-0.2, -0.15) is 0 Å². The van der Waals surface area contributed by atoms with Gasteiger partial charge in [-0.25, -0.2) is 0 Å². The highest BCUT2D eigenvalue weighted by atomic mass is 13.9. The van der Waals surface area contributed by atoms with Gasteiger partial charge >= 0.3 is 0 Å². The zero-order chi connectivity index (χ0) is 12.5. The molecule has 0 amide bonds. The standard InChI is InChI=1S/C18H14/c1(5-11-17-13-7-3-8-14-17)2-6-12-18-15-9-4-10-16-18/h3-16H/b11-5-,12-6+. The predicted molar refractivity (Wildman–Crippen MR) is 78.7 cm³/mol. The third-order valence-corrected chi connectivity index (χ3v) is 2.40. The van der Waals surface area contributed by atoms with E-state index in [0.29, 0.717) is 0 Å². The van der Waals surface area contributed by atoms with Gasteiger partial charge in [0.25, 0.3) is 0 Å². The summed E-state index contributed by atoms with van der Waals surface area (Å²) in [6, 6.07) is 20.3. The molecule has 0 heterocycles. The van der Waals surface area contributed by atoms with Crippen LogP contribution in [0.2, 0.25) is 0 Å². The molecular weight excluding hydrogens is 216 g/mol. The van der Waals surface area contributed by atoms with Gasteiger partial charge in [0.1, 0.15) is 0 Å². The minimum Gasteiger partial charge on any atom is -0.0702 e. The molecule has 0 spiro atoms. The summed E-state index contributed by atoms with van der Waals surface area (Å²) >= 11 is 0. The number of hydrogen-bond donors (Lipinski definition) is 0. The molecular formula is C18H14. The summed E-state index contributed by atoms with van der Waals surface area (Å²) in [5.41, 5.74) is 2.33. The van der Waals surface area contributed by atoms with Crippen molar-refractivity contribution in [1.29, 1.82) is 0 Å². The molecule has 0 saturated heterocycles. The van der Waals surface area contributed by atoms with E-state index in [4.69, 9.17) is 0 Å². The minimum atomic E-state index is 1.17. The maximum absolute atomic E-state index is 2.99. The molecule has 0 radical (unpaired) electrons. The fraction of sp³-hybridized carbons (Fsp3) is 0. The van der Waals surface area contributed by atoms with Gasteiger partial charge in [0.05, 0.1) is 0 Å². The number of rotatable bonds is 2. The average Bonchev–Trinajstić information content (AvgIpc) is 2.45. The Morgan fingerprint density at radius 1 is 0.556 bits per heavy atom. The number of benzene rings is 2. The molecule has 0 N–H and O–H groups in total. The Morgan fingerprint density at radius 3 is 1.33 bits per heavy atom. The molecule has 0 nitrogen and oxygen atoms in total. The van der Waals surface area contributed by atoms with Crippen LogP contribution in [0.25, 0.3) is 12.2 Å². The smallest absolute Gasteiger partial charge is 0.0109 e. The first-order chi connectivity index (χ1) is 8.95. The van der Waals surface area contributed by atoms with E-state index in [9.17, 15) is 0 Å². The second-order valence-corrected chi connectivity index (χ2v) is 3.78. The maximum atomic E-state index is 2.99. The van der Waals surface area contributed by atoms with Gasteiger partial charge in [-0.05, 0) is 35.4 Å². The monoisotopic (exact) mass is 230 g/mol. The van der Waals surface area contributed by atoms with Crippen LogP contribution in [-0.2, 0) is 0 Å². The Kier molecular flexibility index (Phi) is 4.60. The van der Waals surface area contributed by atoms with Crippen molar-refractivity contribution in [2.24, 2.45) is 0 Å². The Balaban J connectivity index is 1.90. The fourth-order valence-corrected chi connectivity index (χ4v) is 1.50. The number of allylic oxidation sites excluding steroid dienone is 2. The Hall–Kier alpha value is -2.52. The van der Waals surface area contributed by atoms with Crippen molar-refractivity contribution in [3.8, 4) is 11.8 Å². The van der Waals surface area contributed by atoms with Crippen LogP contribution in [0.15, 0.2) is 72.8 Å². The van der Waals surface area contributed by atoms with Crippen molar-refractivity contribution in [1.82, 2.24) is 0 Å². The summed E-state index contributed by atoms with van der Waals surface area (Å²) in [6.07, 6.45) is 7.74. The first-order valence-electron chi connectivity index (χ1n) is 5.89. The van der Waals surface area contributed by atoms with E-state index in [1.54, 1.807) is 0 Å². The lowest BCUT2D eigenvalue weighted by Gasteiger charge is -1.87. The lowest BCUT2D eigenvalue weighted by atomic mass is 10.2. The van der Waals surface area contributed by atoms with Gasteiger partial charge in [-0.3, -0.25) is 0 Å². The molecule has 0 aliphatic heterocycles. The summed E-state index contributed by atoms with van der Waals surface area (Å²) in [4.78, 5) is 0. The molecule has 0 unspecified atom stereocenters. The van der Waals surface area contributed by atoms with Crippen LogP contribution < -0.4 is 0 Å². The highest BCUT2D eigenvalue weighted by molar-refractivity contribution is 5.55. The zero-order valence-corrected chi connectivity index (χ0v) is 10.1. The van der Waals surface area contributed by atoms with Crippen molar-refractivity contribution in [3.05, 3.63) is 83.9 Å². The summed E-state index contributed by atoms with van der Waals surface area (Å²) in [5.74, 6) is 5.97. The molecule has 0 heteroatoms. The molecule has 0 fully saturated rings. The first-order valence-corrected chi connectivity index (χ1v) is 5.89. The Labute approximate surface area is 108 Å². The molecule has 2 aromatic rings. The van der Waals surface area contributed by atoms with Crippen molar-refractivity contribution in [2.45, 2.75) is 0 Å². The highest BCUT2D eigenvalue weighted by Gasteiger charge is 1.80. The van der Waals surface area contributed by atoms with Gasteiger partial charge < -0.3 is 0 Å². The molecule has 0 aliphatic rings. The predicted octanol–water partition coefficient (Wildman–Crippen LogP) is 4.42. The lowest BCUT2D eigenvalue weighted by molar-refractivity contribution is 1.66. The molecule has 2 rings (SSSR count). The van der Waals surface area contributed by atoms with E-state index in [1.165, 1.54) is 11.1 Å². The van der Waals surface area contributed by atoms with E-state index < -0.39 is 0 Å². The van der Waals surface area contributed by atoms with Gasteiger partial charge in [0.15, 0.2) is 0 Å². The summed E-state index contributed by atoms with van der Waals surface area (Å²) in [6.45, 7) is 0. The van der Waals surface area contributed by atoms with Crippen LogP contribution in [0.4, 0.5) is 0 Å². The molecule has 0 saturated carbocycles. The van der Waals surface area contributed by atoms with Gasteiger partial charge in [0, 0.05) is 0 Å². The fourth-order valence-electron chi connectivity index (χ4n) is 1.50. The first kappa shape index (κ1) is 12.0. The Bertz CT molecular complexity index is 525. The normalized spacial score (nSPS) is 10.4. The zero-order valence-electron chi connectivity index (χ0n) is 10.1. The van der Waals surface area contributed by atoms with Gasteiger partial charge in [-0.1, -0.05) is 72.5 Å². The van der Waals surface area contributed by atoms with E-state index in [1.807, 2.05) is 60.7 Å². The van der Waals surface area contributed by atoms with E-state index >= 15 is 0 Å². The SMILES string of the molecule is C(#C/C=C/c1ccccc1)/C=C\c1ccccc1. The molecule has 86 valence electrons. The second kappa shape index (κ2) is 6.93.